The van der Waals surface area contributed by atoms with Crippen LogP contribution >= 0.6 is 0 Å². The summed E-state index contributed by atoms with van der Waals surface area (Å²) in [4.78, 5) is 24.1. The fraction of sp³-hybridized carbons (Fsp3) is 0.0208. The smallest absolute Gasteiger partial charge is 0.164 e. The zero-order valence-electron chi connectivity index (χ0n) is 29.1. The SMILES string of the molecule is CC1=C\C=C\c2c(ccc3ccc(-c4cccc(-c5ccc(-c6nc(-c7ccccc7)nc(-c7ccncc7)n6)cc5)c4)nc23)/C(c2ccccc2)=C\1. The second-order valence-corrected chi connectivity index (χ2v) is 13.1. The van der Waals surface area contributed by atoms with Crippen LogP contribution in [-0.2, 0) is 0 Å². The molecule has 0 aliphatic heterocycles. The Bertz CT molecular complexity index is 2640. The molecule has 0 fully saturated rings. The average molecular weight is 680 g/mol. The summed E-state index contributed by atoms with van der Waals surface area (Å²) in [5.74, 6) is 1.85. The summed E-state index contributed by atoms with van der Waals surface area (Å²) in [5.41, 5.74) is 13.8. The predicted octanol–water partition coefficient (Wildman–Crippen LogP) is 11.6. The molecule has 8 aromatic rings. The molecule has 9 rings (SSSR count). The topological polar surface area (TPSA) is 64.5 Å². The van der Waals surface area contributed by atoms with Crippen LogP contribution in [0.25, 0.3) is 79.1 Å². The fourth-order valence-electron chi connectivity index (χ4n) is 6.80. The molecule has 3 heterocycles. The first-order valence-electron chi connectivity index (χ1n) is 17.7. The summed E-state index contributed by atoms with van der Waals surface area (Å²) in [6.07, 6.45) is 12.3. The Morgan fingerprint density at radius 3 is 1.75 bits per heavy atom. The first-order valence-corrected chi connectivity index (χ1v) is 17.7. The minimum atomic E-state index is 0.609. The van der Waals surface area contributed by atoms with Gasteiger partial charge in [0, 0.05) is 45.6 Å². The van der Waals surface area contributed by atoms with Crippen molar-refractivity contribution in [1.29, 1.82) is 0 Å². The van der Waals surface area contributed by atoms with Gasteiger partial charge in [0.15, 0.2) is 17.5 Å². The van der Waals surface area contributed by atoms with E-state index in [0.29, 0.717) is 17.5 Å². The Labute approximate surface area is 308 Å². The Hall–Kier alpha value is -7.11. The molecule has 53 heavy (non-hydrogen) atoms. The van der Waals surface area contributed by atoms with Gasteiger partial charge < -0.3 is 0 Å². The highest BCUT2D eigenvalue weighted by Gasteiger charge is 2.16. The number of nitrogens with zero attached hydrogens (tertiary/aromatic N) is 5. The van der Waals surface area contributed by atoms with E-state index in [-0.39, 0.29) is 0 Å². The number of fused-ring (bicyclic) bond motifs is 3. The van der Waals surface area contributed by atoms with Crippen LogP contribution in [0.5, 0.6) is 0 Å². The van der Waals surface area contributed by atoms with Gasteiger partial charge >= 0.3 is 0 Å². The van der Waals surface area contributed by atoms with Crippen LogP contribution in [0.3, 0.4) is 0 Å². The summed E-state index contributed by atoms with van der Waals surface area (Å²) in [6.45, 7) is 2.14. The summed E-state index contributed by atoms with van der Waals surface area (Å²) in [5, 5.41) is 1.11. The standard InChI is InChI=1S/C48H33N5/c1-32-10-8-17-42-41(43(30-32)34-11-4-2-5-12-34)24-22-35-23-25-44(50-45(35)42)40-16-9-15-39(31-40)33-18-20-37(21-19-33)47-51-46(36-13-6-3-7-14-36)52-48(53-47)38-26-28-49-29-27-38/h2-31H,1H3/b10-8?,17-8+,32-10+,32-30?,42-17?,43-30-,43-41?. The van der Waals surface area contributed by atoms with Gasteiger partial charge in [0.05, 0.1) is 11.2 Å². The van der Waals surface area contributed by atoms with Crippen molar-refractivity contribution < 1.29 is 0 Å². The van der Waals surface area contributed by atoms with E-state index in [2.05, 4.69) is 139 Å². The van der Waals surface area contributed by atoms with Crippen molar-refractivity contribution in [3.8, 4) is 56.5 Å². The third-order valence-electron chi connectivity index (χ3n) is 9.51. The van der Waals surface area contributed by atoms with E-state index in [4.69, 9.17) is 19.9 Å². The van der Waals surface area contributed by atoms with E-state index < -0.39 is 0 Å². The van der Waals surface area contributed by atoms with Crippen molar-refractivity contribution in [2.75, 3.05) is 0 Å². The van der Waals surface area contributed by atoms with Crippen molar-refractivity contribution in [2.24, 2.45) is 0 Å². The van der Waals surface area contributed by atoms with Crippen molar-refractivity contribution in [2.45, 2.75) is 6.92 Å². The van der Waals surface area contributed by atoms with Gasteiger partial charge in [-0.1, -0.05) is 151 Å². The lowest BCUT2D eigenvalue weighted by Gasteiger charge is -2.16. The van der Waals surface area contributed by atoms with Gasteiger partial charge in [-0.05, 0) is 59.0 Å². The number of hydrogen-bond acceptors (Lipinski definition) is 5. The third kappa shape index (κ3) is 6.48. The van der Waals surface area contributed by atoms with E-state index in [1.807, 2.05) is 42.5 Å². The lowest BCUT2D eigenvalue weighted by molar-refractivity contribution is 1.07. The molecule has 0 amide bonds. The Kier molecular flexibility index (Phi) is 8.35. The molecule has 0 spiro atoms. The molecule has 1 aliphatic rings. The van der Waals surface area contributed by atoms with Crippen LogP contribution in [0.15, 0.2) is 182 Å². The number of aromatic nitrogens is 5. The number of rotatable bonds is 6. The van der Waals surface area contributed by atoms with Gasteiger partial charge in [-0.2, -0.15) is 0 Å². The third-order valence-corrected chi connectivity index (χ3v) is 9.51. The molecular formula is C48H33N5. The number of benzene rings is 5. The first-order chi connectivity index (χ1) is 26.2. The molecule has 0 N–H and O–H groups in total. The van der Waals surface area contributed by atoms with Crippen LogP contribution < -0.4 is 0 Å². The van der Waals surface area contributed by atoms with Crippen LogP contribution in [0, 0.1) is 0 Å². The van der Waals surface area contributed by atoms with Crippen LogP contribution in [-0.4, -0.2) is 24.9 Å². The summed E-state index contributed by atoms with van der Waals surface area (Å²) >= 11 is 0. The van der Waals surface area contributed by atoms with Crippen molar-refractivity contribution in [3.05, 3.63) is 198 Å². The lowest BCUT2D eigenvalue weighted by atomic mass is 9.89. The summed E-state index contributed by atoms with van der Waals surface area (Å²) in [7, 11) is 0. The van der Waals surface area contributed by atoms with E-state index >= 15 is 0 Å². The van der Waals surface area contributed by atoms with Crippen molar-refractivity contribution in [3.63, 3.8) is 0 Å². The lowest BCUT2D eigenvalue weighted by Crippen LogP contribution is -2.00. The van der Waals surface area contributed by atoms with Crippen LogP contribution in [0.2, 0.25) is 0 Å². The molecular weight excluding hydrogens is 647 g/mol. The van der Waals surface area contributed by atoms with E-state index in [0.717, 1.165) is 55.5 Å². The molecule has 3 aromatic heterocycles. The van der Waals surface area contributed by atoms with E-state index in [1.165, 1.54) is 22.3 Å². The average Bonchev–Trinajstić information content (AvgIpc) is 3.23. The number of allylic oxidation sites excluding steroid dienone is 4. The van der Waals surface area contributed by atoms with Gasteiger partial charge in [-0.25, -0.2) is 19.9 Å². The van der Waals surface area contributed by atoms with Gasteiger partial charge in [0.1, 0.15) is 0 Å². The van der Waals surface area contributed by atoms with Crippen molar-refractivity contribution >= 4 is 22.6 Å². The molecule has 0 saturated carbocycles. The first kappa shape index (κ1) is 31.8. The summed E-state index contributed by atoms with van der Waals surface area (Å²) in [6, 6.07) is 50.1. The largest absolute Gasteiger partial charge is 0.265 e. The second-order valence-electron chi connectivity index (χ2n) is 13.1. The monoisotopic (exact) mass is 679 g/mol. The highest BCUT2D eigenvalue weighted by molar-refractivity contribution is 5.98. The molecule has 0 radical (unpaired) electrons. The van der Waals surface area contributed by atoms with Gasteiger partial charge in [0.2, 0.25) is 0 Å². The van der Waals surface area contributed by atoms with E-state index in [9.17, 15) is 0 Å². The molecule has 250 valence electrons. The minimum absolute atomic E-state index is 0.609. The molecule has 0 unspecified atom stereocenters. The number of pyridine rings is 2. The maximum Gasteiger partial charge on any atom is 0.164 e. The molecule has 0 bridgehead atoms. The highest BCUT2D eigenvalue weighted by Crippen LogP contribution is 2.36. The zero-order chi connectivity index (χ0) is 35.6. The fourth-order valence-corrected chi connectivity index (χ4v) is 6.80. The molecule has 5 heteroatoms. The Balaban J connectivity index is 1.07. The predicted molar refractivity (Wildman–Crippen MR) is 216 cm³/mol. The molecule has 1 aliphatic carbocycles. The maximum atomic E-state index is 5.31. The molecule has 0 saturated heterocycles. The van der Waals surface area contributed by atoms with Crippen LogP contribution in [0.4, 0.5) is 0 Å². The van der Waals surface area contributed by atoms with Crippen molar-refractivity contribution in [1.82, 2.24) is 24.9 Å². The Morgan fingerprint density at radius 2 is 1.04 bits per heavy atom. The second kappa shape index (κ2) is 13.9. The normalized spacial score (nSPS) is 15.0. The highest BCUT2D eigenvalue weighted by atomic mass is 15.0. The van der Waals surface area contributed by atoms with E-state index in [1.54, 1.807) is 12.4 Å². The molecule has 0 atom stereocenters. The van der Waals surface area contributed by atoms with Gasteiger partial charge in [-0.15, -0.1) is 0 Å². The van der Waals surface area contributed by atoms with Crippen LogP contribution in [0.1, 0.15) is 23.6 Å². The quantitative estimate of drug-likeness (QED) is 0.175. The Morgan fingerprint density at radius 1 is 0.453 bits per heavy atom. The number of hydrogen-bond donors (Lipinski definition) is 0. The molecule has 5 nitrogen and oxygen atoms in total. The maximum absolute atomic E-state index is 5.31. The minimum Gasteiger partial charge on any atom is -0.265 e. The van der Waals surface area contributed by atoms with Gasteiger partial charge in [0.25, 0.3) is 0 Å². The summed E-state index contributed by atoms with van der Waals surface area (Å²) < 4.78 is 0. The zero-order valence-corrected chi connectivity index (χ0v) is 29.1. The van der Waals surface area contributed by atoms with Gasteiger partial charge in [-0.3, -0.25) is 4.98 Å². The molecule has 5 aromatic carbocycles.